The summed E-state index contributed by atoms with van der Waals surface area (Å²) in [6, 6.07) is 22.3. The van der Waals surface area contributed by atoms with E-state index in [0.29, 0.717) is 13.1 Å². The van der Waals surface area contributed by atoms with E-state index < -0.39 is 10.0 Å². The number of rotatable bonds is 9. The predicted octanol–water partition coefficient (Wildman–Crippen LogP) is 5.61. The molecule has 180 valence electrons. The largest absolute Gasteiger partial charge is 0.332 e. The maximum absolute atomic E-state index is 13.7. The number of hydrogen-bond donors (Lipinski definition) is 0. The van der Waals surface area contributed by atoms with Gasteiger partial charge in [-0.05, 0) is 49.6 Å². The van der Waals surface area contributed by atoms with E-state index in [2.05, 4.69) is 13.0 Å². The lowest BCUT2D eigenvalue weighted by atomic mass is 9.95. The zero-order valence-corrected chi connectivity index (χ0v) is 21.2. The van der Waals surface area contributed by atoms with Crippen molar-refractivity contribution in [3.63, 3.8) is 0 Å². The molecule has 0 radical (unpaired) electrons. The molecule has 0 N–H and O–H groups in total. The van der Waals surface area contributed by atoms with Crippen molar-refractivity contribution < 1.29 is 13.2 Å². The number of hydrogen-bond acceptors (Lipinski definition) is 4. The monoisotopic (exact) mass is 496 g/mol. The summed E-state index contributed by atoms with van der Waals surface area (Å²) in [6.45, 7) is 2.82. The molecule has 1 aromatic heterocycles. The van der Waals surface area contributed by atoms with Gasteiger partial charge in [0.25, 0.3) is 0 Å². The topological polar surface area (TPSA) is 57.7 Å². The maximum Gasteiger partial charge on any atom is 0.243 e. The van der Waals surface area contributed by atoms with Crippen molar-refractivity contribution in [3.8, 4) is 0 Å². The molecule has 0 spiro atoms. The summed E-state index contributed by atoms with van der Waals surface area (Å²) in [4.78, 5) is 18.0. The quantitative estimate of drug-likeness (QED) is 0.387. The van der Waals surface area contributed by atoms with Crippen LogP contribution in [0.5, 0.6) is 0 Å². The summed E-state index contributed by atoms with van der Waals surface area (Å²) >= 11 is 1.67. The molecule has 0 saturated heterocycles. The smallest absolute Gasteiger partial charge is 0.243 e. The molecule has 1 aliphatic carbocycles. The molecule has 5 nitrogen and oxygen atoms in total. The molecule has 0 atom stereocenters. The zero-order valence-electron chi connectivity index (χ0n) is 19.6. The molecule has 4 rings (SSSR count). The van der Waals surface area contributed by atoms with Gasteiger partial charge in [-0.3, -0.25) is 4.79 Å². The number of aryl methyl sites for hydroxylation is 1. The van der Waals surface area contributed by atoms with Gasteiger partial charge in [0.2, 0.25) is 15.9 Å². The number of carbonyl (C=O) groups excluding carboxylic acids is 1. The van der Waals surface area contributed by atoms with Gasteiger partial charge in [0, 0.05) is 22.3 Å². The van der Waals surface area contributed by atoms with Gasteiger partial charge in [-0.1, -0.05) is 67.8 Å². The summed E-state index contributed by atoms with van der Waals surface area (Å²) in [5.41, 5.74) is 1.03. The Kier molecular flexibility index (Phi) is 8.19. The first kappa shape index (κ1) is 24.6. The number of thiophene rings is 1. The Hall–Kier alpha value is -2.48. The van der Waals surface area contributed by atoms with E-state index >= 15 is 0 Å². The number of benzene rings is 2. The molecule has 7 heteroatoms. The van der Waals surface area contributed by atoms with Gasteiger partial charge in [0.1, 0.15) is 0 Å². The van der Waals surface area contributed by atoms with Crippen LogP contribution in [0.3, 0.4) is 0 Å². The molecule has 1 aliphatic rings. The van der Waals surface area contributed by atoms with Crippen molar-refractivity contribution in [1.82, 2.24) is 9.21 Å². The Labute approximate surface area is 207 Å². The lowest BCUT2D eigenvalue weighted by molar-refractivity contribution is -0.133. The van der Waals surface area contributed by atoms with E-state index in [4.69, 9.17) is 0 Å². The van der Waals surface area contributed by atoms with Gasteiger partial charge in [0.15, 0.2) is 0 Å². The van der Waals surface area contributed by atoms with Crippen LogP contribution in [-0.2, 0) is 27.9 Å². The van der Waals surface area contributed by atoms with Gasteiger partial charge in [-0.25, -0.2) is 8.42 Å². The Morgan fingerprint density at radius 2 is 1.53 bits per heavy atom. The van der Waals surface area contributed by atoms with Crippen molar-refractivity contribution >= 4 is 27.3 Å². The van der Waals surface area contributed by atoms with Crippen molar-refractivity contribution in [3.05, 3.63) is 88.1 Å². The minimum atomic E-state index is -3.78. The molecule has 2 aromatic carbocycles. The summed E-state index contributed by atoms with van der Waals surface area (Å²) in [6.07, 6.45) is 4.68. The second kappa shape index (κ2) is 11.3. The third-order valence-corrected chi connectivity index (χ3v) is 9.23. The zero-order chi connectivity index (χ0) is 24.0. The maximum atomic E-state index is 13.7. The Morgan fingerprint density at radius 1 is 0.882 bits per heavy atom. The second-order valence-electron chi connectivity index (χ2n) is 8.90. The first-order valence-electron chi connectivity index (χ1n) is 11.9. The summed E-state index contributed by atoms with van der Waals surface area (Å²) < 4.78 is 28.8. The molecule has 1 saturated carbocycles. The molecule has 0 aliphatic heterocycles. The van der Waals surface area contributed by atoms with Crippen molar-refractivity contribution in [2.75, 3.05) is 6.54 Å². The van der Waals surface area contributed by atoms with Crippen molar-refractivity contribution in [2.45, 2.75) is 63.1 Å². The standard InChI is InChI=1S/C27H32N2O3S2/c1-22-17-18-25(33-22)20-28(19-23-11-5-2-6-12-23)27(30)21-29(24-13-7-3-8-14-24)34(31,32)26-15-9-4-10-16-26/h2,4-6,9-12,15-18,24H,3,7-8,13-14,19-21H2,1H3. The molecule has 34 heavy (non-hydrogen) atoms. The fraction of sp³-hybridized carbons (Fsp3) is 0.370. The number of amides is 1. The van der Waals surface area contributed by atoms with E-state index in [1.54, 1.807) is 46.6 Å². The summed E-state index contributed by atoms with van der Waals surface area (Å²) in [5.74, 6) is -0.167. The van der Waals surface area contributed by atoms with Crippen LogP contribution in [0.2, 0.25) is 0 Å². The molecule has 1 amide bonds. The predicted molar refractivity (Wildman–Crippen MR) is 137 cm³/mol. The molecular formula is C27H32N2O3S2. The normalized spacial score (nSPS) is 14.9. The number of carbonyl (C=O) groups is 1. The second-order valence-corrected chi connectivity index (χ2v) is 12.2. The van der Waals surface area contributed by atoms with Gasteiger partial charge in [-0.15, -0.1) is 11.3 Å². The average Bonchev–Trinajstić information content (AvgIpc) is 3.28. The Bertz CT molecular complexity index is 1170. The molecule has 0 bridgehead atoms. The average molecular weight is 497 g/mol. The van der Waals surface area contributed by atoms with Crippen LogP contribution < -0.4 is 0 Å². The minimum Gasteiger partial charge on any atom is -0.332 e. The number of sulfonamides is 1. The number of nitrogens with zero attached hydrogens (tertiary/aromatic N) is 2. The summed E-state index contributed by atoms with van der Waals surface area (Å²) in [7, 11) is -3.78. The summed E-state index contributed by atoms with van der Waals surface area (Å²) in [5, 5.41) is 0. The van der Waals surface area contributed by atoms with Crippen molar-refractivity contribution in [2.24, 2.45) is 0 Å². The Morgan fingerprint density at radius 3 is 2.15 bits per heavy atom. The van der Waals surface area contributed by atoms with Gasteiger partial charge in [0.05, 0.1) is 18.0 Å². The SMILES string of the molecule is Cc1ccc(CN(Cc2ccccc2)C(=O)CN(C2CCCCC2)S(=O)(=O)c2ccccc2)s1. The van der Waals surface area contributed by atoms with E-state index in [1.807, 2.05) is 36.4 Å². The van der Waals surface area contributed by atoms with E-state index in [9.17, 15) is 13.2 Å². The lowest BCUT2D eigenvalue weighted by Gasteiger charge is -2.34. The van der Waals surface area contributed by atoms with Gasteiger partial charge < -0.3 is 4.90 Å². The fourth-order valence-electron chi connectivity index (χ4n) is 4.53. The van der Waals surface area contributed by atoms with Crippen LogP contribution in [-0.4, -0.2) is 36.1 Å². The molecule has 3 aromatic rings. The highest BCUT2D eigenvalue weighted by molar-refractivity contribution is 7.89. The molecule has 1 fully saturated rings. The van der Waals surface area contributed by atoms with Crippen LogP contribution in [0.15, 0.2) is 77.7 Å². The first-order valence-corrected chi connectivity index (χ1v) is 14.1. The van der Waals surface area contributed by atoms with Gasteiger partial charge in [-0.2, -0.15) is 4.31 Å². The van der Waals surface area contributed by atoms with Crippen LogP contribution in [0, 0.1) is 6.92 Å². The fourth-order valence-corrected chi connectivity index (χ4v) is 7.10. The third-order valence-electron chi connectivity index (χ3n) is 6.33. The van der Waals surface area contributed by atoms with Crippen LogP contribution in [0.1, 0.15) is 47.4 Å². The van der Waals surface area contributed by atoms with Crippen molar-refractivity contribution in [1.29, 1.82) is 0 Å². The van der Waals surface area contributed by atoms with Crippen LogP contribution >= 0.6 is 11.3 Å². The van der Waals surface area contributed by atoms with Crippen LogP contribution in [0.4, 0.5) is 0 Å². The van der Waals surface area contributed by atoms with Gasteiger partial charge >= 0.3 is 0 Å². The first-order chi connectivity index (χ1) is 16.4. The molecule has 0 unspecified atom stereocenters. The highest BCUT2D eigenvalue weighted by atomic mass is 32.2. The van der Waals surface area contributed by atoms with E-state index in [-0.39, 0.29) is 23.4 Å². The highest BCUT2D eigenvalue weighted by Gasteiger charge is 2.35. The minimum absolute atomic E-state index is 0.140. The molecular weight excluding hydrogens is 464 g/mol. The van der Waals surface area contributed by atoms with E-state index in [0.717, 1.165) is 42.5 Å². The molecule has 1 heterocycles. The highest BCUT2D eigenvalue weighted by Crippen LogP contribution is 2.28. The van der Waals surface area contributed by atoms with E-state index in [1.165, 1.54) is 9.18 Å². The Balaban J connectivity index is 1.62. The van der Waals surface area contributed by atoms with Crippen LogP contribution in [0.25, 0.3) is 0 Å². The third kappa shape index (κ3) is 6.14. The lowest BCUT2D eigenvalue weighted by Crippen LogP contribution is -2.47.